The molecule has 0 aliphatic rings. The average molecular weight is 388 g/mol. The Bertz CT molecular complexity index is 942. The normalized spacial score (nSPS) is 10.5. The number of hydrogen-bond acceptors (Lipinski definition) is 6. The van der Waals surface area contributed by atoms with Crippen LogP contribution in [0.15, 0.2) is 42.5 Å². The van der Waals surface area contributed by atoms with Crippen molar-refractivity contribution in [3.05, 3.63) is 69.5 Å². The fourth-order valence-electron chi connectivity index (χ4n) is 2.25. The van der Waals surface area contributed by atoms with Crippen molar-refractivity contribution in [2.75, 3.05) is 19.0 Å². The van der Waals surface area contributed by atoms with Crippen LogP contribution in [0.3, 0.4) is 0 Å². The Morgan fingerprint density at radius 2 is 2.00 bits per heavy atom. The molecule has 28 heavy (non-hydrogen) atoms. The minimum absolute atomic E-state index is 0.0179. The van der Waals surface area contributed by atoms with Gasteiger partial charge in [0.1, 0.15) is 5.82 Å². The first kappa shape index (κ1) is 20.6. The van der Waals surface area contributed by atoms with E-state index in [1.54, 1.807) is 13.0 Å². The highest BCUT2D eigenvalue weighted by Crippen LogP contribution is 2.32. The van der Waals surface area contributed by atoms with E-state index in [0.29, 0.717) is 5.56 Å². The Balaban J connectivity index is 1.96. The van der Waals surface area contributed by atoms with Crippen molar-refractivity contribution in [2.45, 2.75) is 6.92 Å². The molecule has 0 saturated carbocycles. The SMILES string of the molecule is COc1cc(NC(=O)COC(=O)/C=C/c2ccccc2F)c(C)cc1[N+](=O)[O-]. The Morgan fingerprint density at radius 3 is 2.64 bits per heavy atom. The van der Waals surface area contributed by atoms with Gasteiger partial charge in [-0.25, -0.2) is 9.18 Å². The highest BCUT2D eigenvalue weighted by atomic mass is 19.1. The molecule has 1 amide bonds. The number of halogens is 1. The maximum Gasteiger partial charge on any atom is 0.331 e. The average Bonchev–Trinajstić information content (AvgIpc) is 2.66. The van der Waals surface area contributed by atoms with Crippen LogP contribution in [-0.2, 0) is 14.3 Å². The van der Waals surface area contributed by atoms with E-state index >= 15 is 0 Å². The largest absolute Gasteiger partial charge is 0.490 e. The number of carbonyl (C=O) groups is 2. The minimum atomic E-state index is -0.823. The van der Waals surface area contributed by atoms with Gasteiger partial charge in [0, 0.05) is 29.5 Å². The molecule has 2 aromatic rings. The summed E-state index contributed by atoms with van der Waals surface area (Å²) in [4.78, 5) is 34.0. The van der Waals surface area contributed by atoms with Crippen LogP contribution in [0, 0.1) is 22.9 Å². The van der Waals surface area contributed by atoms with E-state index in [4.69, 9.17) is 9.47 Å². The highest BCUT2D eigenvalue weighted by Gasteiger charge is 2.18. The molecular weight excluding hydrogens is 371 g/mol. The lowest BCUT2D eigenvalue weighted by Gasteiger charge is -2.10. The first-order chi connectivity index (χ1) is 13.3. The maximum absolute atomic E-state index is 13.5. The number of rotatable bonds is 7. The summed E-state index contributed by atoms with van der Waals surface area (Å²) in [5.41, 5.74) is 0.692. The predicted octanol–water partition coefficient (Wildman–Crippen LogP) is 3.25. The molecule has 2 aromatic carbocycles. The molecule has 9 heteroatoms. The number of nitro groups is 1. The molecule has 8 nitrogen and oxygen atoms in total. The van der Waals surface area contributed by atoms with Gasteiger partial charge in [0.05, 0.1) is 12.0 Å². The summed E-state index contributed by atoms with van der Waals surface area (Å²) in [6.45, 7) is 0.990. The van der Waals surface area contributed by atoms with Gasteiger partial charge in [0.15, 0.2) is 12.4 Å². The van der Waals surface area contributed by atoms with Crippen LogP contribution in [-0.4, -0.2) is 30.5 Å². The standard InChI is InChI=1S/C19H17FN2O6/c1-12-9-16(22(25)26)17(27-2)10-15(12)21-18(23)11-28-19(24)8-7-13-5-3-4-6-14(13)20/h3-10H,11H2,1-2H3,(H,21,23)/b8-7+. The van der Waals surface area contributed by atoms with Crippen molar-refractivity contribution >= 4 is 29.3 Å². The number of amides is 1. The van der Waals surface area contributed by atoms with Gasteiger partial charge >= 0.3 is 11.7 Å². The summed E-state index contributed by atoms with van der Waals surface area (Å²) < 4.78 is 23.2. The van der Waals surface area contributed by atoms with E-state index < -0.39 is 29.2 Å². The molecule has 0 aromatic heterocycles. The van der Waals surface area contributed by atoms with E-state index in [9.17, 15) is 24.1 Å². The quantitative estimate of drug-likeness (QED) is 0.338. The zero-order valence-electron chi connectivity index (χ0n) is 15.1. The third-order valence-electron chi connectivity index (χ3n) is 3.65. The number of ether oxygens (including phenoxy) is 2. The second-order valence-corrected chi connectivity index (χ2v) is 5.61. The van der Waals surface area contributed by atoms with Crippen molar-refractivity contribution < 1.29 is 28.4 Å². The molecule has 146 valence electrons. The van der Waals surface area contributed by atoms with Crippen LogP contribution in [0.4, 0.5) is 15.8 Å². The lowest BCUT2D eigenvalue weighted by atomic mass is 10.1. The van der Waals surface area contributed by atoms with Gasteiger partial charge in [-0.2, -0.15) is 0 Å². The van der Waals surface area contributed by atoms with Gasteiger partial charge in [-0.3, -0.25) is 14.9 Å². The lowest BCUT2D eigenvalue weighted by Crippen LogP contribution is -2.20. The number of nitro benzene ring substituents is 1. The highest BCUT2D eigenvalue weighted by molar-refractivity contribution is 5.95. The van der Waals surface area contributed by atoms with Crippen LogP contribution in [0.1, 0.15) is 11.1 Å². The van der Waals surface area contributed by atoms with E-state index in [2.05, 4.69) is 5.32 Å². The van der Waals surface area contributed by atoms with Crippen LogP contribution >= 0.6 is 0 Å². The number of nitrogens with one attached hydrogen (secondary N) is 1. The van der Waals surface area contributed by atoms with Crippen LogP contribution < -0.4 is 10.1 Å². The maximum atomic E-state index is 13.5. The Morgan fingerprint density at radius 1 is 1.29 bits per heavy atom. The molecule has 0 saturated heterocycles. The number of benzene rings is 2. The minimum Gasteiger partial charge on any atom is -0.490 e. The van der Waals surface area contributed by atoms with E-state index in [0.717, 1.165) is 6.08 Å². The predicted molar refractivity (Wildman–Crippen MR) is 99.4 cm³/mol. The molecule has 1 N–H and O–H groups in total. The van der Waals surface area contributed by atoms with Crippen LogP contribution in [0.2, 0.25) is 0 Å². The van der Waals surface area contributed by atoms with E-state index in [-0.39, 0.29) is 22.7 Å². The van der Waals surface area contributed by atoms with E-state index in [1.165, 1.54) is 43.5 Å². The summed E-state index contributed by atoms with van der Waals surface area (Å²) in [6, 6.07) is 8.44. The zero-order valence-corrected chi connectivity index (χ0v) is 15.1. The molecule has 0 fully saturated rings. The number of hydrogen-bond donors (Lipinski definition) is 1. The van der Waals surface area contributed by atoms with Crippen molar-refractivity contribution in [3.8, 4) is 5.75 Å². The number of methoxy groups -OCH3 is 1. The third kappa shape index (κ3) is 5.37. The Hall–Kier alpha value is -3.75. The van der Waals surface area contributed by atoms with Crippen molar-refractivity contribution in [2.24, 2.45) is 0 Å². The Labute approximate surface area is 159 Å². The third-order valence-corrected chi connectivity index (χ3v) is 3.65. The summed E-state index contributed by atoms with van der Waals surface area (Å²) >= 11 is 0. The molecule has 0 aliphatic carbocycles. The number of esters is 1. The number of aryl methyl sites for hydroxylation is 1. The van der Waals surface area contributed by atoms with Crippen LogP contribution in [0.25, 0.3) is 6.08 Å². The van der Waals surface area contributed by atoms with Gasteiger partial charge in [0.25, 0.3) is 5.91 Å². The van der Waals surface area contributed by atoms with Crippen molar-refractivity contribution in [1.82, 2.24) is 0 Å². The van der Waals surface area contributed by atoms with Crippen molar-refractivity contribution in [1.29, 1.82) is 0 Å². The first-order valence-electron chi connectivity index (χ1n) is 8.04. The smallest absolute Gasteiger partial charge is 0.331 e. The van der Waals surface area contributed by atoms with E-state index in [1.807, 2.05) is 0 Å². The topological polar surface area (TPSA) is 108 Å². The van der Waals surface area contributed by atoms with Crippen LogP contribution in [0.5, 0.6) is 5.75 Å². The molecule has 0 aliphatic heterocycles. The number of carbonyl (C=O) groups excluding carboxylic acids is 2. The molecule has 0 radical (unpaired) electrons. The lowest BCUT2D eigenvalue weighted by molar-refractivity contribution is -0.385. The second kappa shape index (κ2) is 9.26. The van der Waals surface area contributed by atoms with Gasteiger partial charge in [-0.1, -0.05) is 18.2 Å². The fourth-order valence-corrected chi connectivity index (χ4v) is 2.25. The molecule has 0 bridgehead atoms. The monoisotopic (exact) mass is 388 g/mol. The summed E-state index contributed by atoms with van der Waals surface area (Å²) in [7, 11) is 1.27. The Kier molecular flexibility index (Phi) is 6.80. The molecular formula is C19H17FN2O6. The zero-order chi connectivity index (χ0) is 20.7. The van der Waals surface area contributed by atoms with Gasteiger partial charge in [-0.15, -0.1) is 0 Å². The number of anilines is 1. The number of nitrogens with zero attached hydrogens (tertiary/aromatic N) is 1. The molecule has 0 spiro atoms. The summed E-state index contributed by atoms with van der Waals surface area (Å²) in [6.07, 6.45) is 2.24. The van der Waals surface area contributed by atoms with Gasteiger partial charge < -0.3 is 14.8 Å². The molecule has 0 heterocycles. The summed E-state index contributed by atoms with van der Waals surface area (Å²) in [5.74, 6) is -1.98. The fraction of sp³-hybridized carbons (Fsp3) is 0.158. The van der Waals surface area contributed by atoms with Gasteiger partial charge in [0.2, 0.25) is 0 Å². The summed E-state index contributed by atoms with van der Waals surface area (Å²) in [5, 5.41) is 13.5. The molecule has 2 rings (SSSR count). The molecule has 0 unspecified atom stereocenters. The van der Waals surface area contributed by atoms with Gasteiger partial charge in [-0.05, 0) is 24.6 Å². The van der Waals surface area contributed by atoms with Crippen molar-refractivity contribution in [3.63, 3.8) is 0 Å². The second-order valence-electron chi connectivity index (χ2n) is 5.61. The first-order valence-corrected chi connectivity index (χ1v) is 8.04. The molecule has 0 atom stereocenters.